The molecule has 2 aromatic carbocycles. The molecule has 6 nitrogen and oxygen atoms in total. The summed E-state index contributed by atoms with van der Waals surface area (Å²) in [6.45, 7) is 5.25. The first kappa shape index (κ1) is 24.3. The standard InChI is InChI=1S/C26H31F2N3O3/c1-18-3-5-19(6-4-18)20-9-13-30(14-10-20)12-2-11-29-26(33)31-24(16-34-17-25(31)32)21-7-8-22(27)23(28)15-21/h3-8,15,20,24H,2,9-14,16-17H2,1H3,(H,29,33). The molecule has 2 saturated heterocycles. The van der Waals surface area contributed by atoms with Gasteiger partial charge in [-0.25, -0.2) is 13.6 Å². The van der Waals surface area contributed by atoms with Crippen LogP contribution >= 0.6 is 0 Å². The van der Waals surface area contributed by atoms with E-state index >= 15 is 0 Å². The average molecular weight is 472 g/mol. The van der Waals surface area contributed by atoms with Gasteiger partial charge in [0.2, 0.25) is 0 Å². The number of hydrogen-bond acceptors (Lipinski definition) is 4. The van der Waals surface area contributed by atoms with E-state index in [4.69, 9.17) is 4.74 Å². The van der Waals surface area contributed by atoms with Gasteiger partial charge in [0.15, 0.2) is 11.6 Å². The Morgan fingerprint density at radius 1 is 1.06 bits per heavy atom. The van der Waals surface area contributed by atoms with Gasteiger partial charge in [0, 0.05) is 6.54 Å². The average Bonchev–Trinajstić information content (AvgIpc) is 2.84. The molecule has 1 atom stereocenters. The molecule has 34 heavy (non-hydrogen) atoms. The maximum absolute atomic E-state index is 13.7. The summed E-state index contributed by atoms with van der Waals surface area (Å²) < 4.78 is 32.3. The van der Waals surface area contributed by atoms with Crippen LogP contribution in [0.1, 0.15) is 47.9 Å². The quantitative estimate of drug-likeness (QED) is 0.643. The van der Waals surface area contributed by atoms with Gasteiger partial charge in [-0.2, -0.15) is 0 Å². The highest BCUT2D eigenvalue weighted by atomic mass is 19.2. The second-order valence-electron chi connectivity index (χ2n) is 9.08. The molecule has 1 unspecified atom stereocenters. The van der Waals surface area contributed by atoms with Crippen LogP contribution in [0.25, 0.3) is 0 Å². The lowest BCUT2D eigenvalue weighted by atomic mass is 9.89. The van der Waals surface area contributed by atoms with Gasteiger partial charge < -0.3 is 15.0 Å². The number of piperidine rings is 1. The van der Waals surface area contributed by atoms with Crippen LogP contribution in [0, 0.1) is 18.6 Å². The number of benzene rings is 2. The fourth-order valence-corrected chi connectivity index (χ4v) is 4.71. The molecule has 2 aromatic rings. The topological polar surface area (TPSA) is 61.9 Å². The van der Waals surface area contributed by atoms with E-state index in [1.54, 1.807) is 0 Å². The van der Waals surface area contributed by atoms with Crippen molar-refractivity contribution in [1.82, 2.24) is 15.1 Å². The highest BCUT2D eigenvalue weighted by Crippen LogP contribution is 2.28. The molecule has 2 aliphatic rings. The van der Waals surface area contributed by atoms with Gasteiger partial charge in [-0.15, -0.1) is 0 Å². The minimum absolute atomic E-state index is 0.0418. The molecule has 0 aromatic heterocycles. The van der Waals surface area contributed by atoms with Gasteiger partial charge in [0.1, 0.15) is 6.61 Å². The van der Waals surface area contributed by atoms with Crippen LogP contribution in [-0.2, 0) is 9.53 Å². The molecule has 2 aliphatic heterocycles. The SMILES string of the molecule is Cc1ccc(C2CCN(CCCNC(=O)N3C(=O)COCC3c3ccc(F)c(F)c3)CC2)cc1. The number of rotatable bonds is 6. The van der Waals surface area contributed by atoms with Crippen LogP contribution in [0.15, 0.2) is 42.5 Å². The lowest BCUT2D eigenvalue weighted by molar-refractivity contribution is -0.143. The summed E-state index contributed by atoms with van der Waals surface area (Å²) in [6.07, 6.45) is 3.00. The van der Waals surface area contributed by atoms with Crippen molar-refractivity contribution >= 4 is 11.9 Å². The van der Waals surface area contributed by atoms with Crippen molar-refractivity contribution in [3.63, 3.8) is 0 Å². The molecule has 0 aliphatic carbocycles. The van der Waals surface area contributed by atoms with Gasteiger partial charge in [0.25, 0.3) is 5.91 Å². The fourth-order valence-electron chi connectivity index (χ4n) is 4.71. The van der Waals surface area contributed by atoms with Crippen LogP contribution in [0.4, 0.5) is 13.6 Å². The molecule has 0 saturated carbocycles. The first-order valence-corrected chi connectivity index (χ1v) is 11.8. The molecule has 8 heteroatoms. The lowest BCUT2D eigenvalue weighted by Crippen LogP contribution is -2.51. The number of aryl methyl sites for hydroxylation is 1. The van der Waals surface area contributed by atoms with Gasteiger partial charge in [-0.05, 0) is 75.0 Å². The van der Waals surface area contributed by atoms with E-state index in [0.717, 1.165) is 55.9 Å². The Hall–Kier alpha value is -2.84. The van der Waals surface area contributed by atoms with Crippen molar-refractivity contribution in [3.8, 4) is 0 Å². The van der Waals surface area contributed by atoms with Crippen molar-refractivity contribution < 1.29 is 23.1 Å². The lowest BCUT2D eigenvalue weighted by Gasteiger charge is -2.34. The number of imide groups is 1. The summed E-state index contributed by atoms with van der Waals surface area (Å²) in [5.74, 6) is -1.92. The molecule has 182 valence electrons. The summed E-state index contributed by atoms with van der Waals surface area (Å²) in [4.78, 5) is 28.6. The van der Waals surface area contributed by atoms with Crippen molar-refractivity contribution in [1.29, 1.82) is 0 Å². The zero-order valence-corrected chi connectivity index (χ0v) is 19.4. The van der Waals surface area contributed by atoms with Crippen LogP contribution in [0.2, 0.25) is 0 Å². The zero-order chi connectivity index (χ0) is 24.1. The van der Waals surface area contributed by atoms with Gasteiger partial charge >= 0.3 is 6.03 Å². The largest absolute Gasteiger partial charge is 0.369 e. The molecule has 3 amide bonds. The maximum atomic E-state index is 13.7. The van der Waals surface area contributed by atoms with E-state index in [0.29, 0.717) is 18.0 Å². The van der Waals surface area contributed by atoms with E-state index in [2.05, 4.69) is 41.4 Å². The number of ether oxygens (including phenoxy) is 1. The highest BCUT2D eigenvalue weighted by Gasteiger charge is 2.35. The second kappa shape index (κ2) is 11.1. The summed E-state index contributed by atoms with van der Waals surface area (Å²) in [5.41, 5.74) is 3.00. The molecule has 0 radical (unpaired) electrons. The van der Waals surface area contributed by atoms with Crippen molar-refractivity contribution in [2.75, 3.05) is 39.4 Å². The predicted octanol–water partition coefficient (Wildman–Crippen LogP) is 4.15. The van der Waals surface area contributed by atoms with E-state index in [-0.39, 0.29) is 13.2 Å². The summed E-state index contributed by atoms with van der Waals surface area (Å²) in [7, 11) is 0. The number of hydrogen-bond donors (Lipinski definition) is 1. The third kappa shape index (κ3) is 5.80. The number of halogens is 2. The summed E-state index contributed by atoms with van der Waals surface area (Å²) >= 11 is 0. The molecule has 2 heterocycles. The van der Waals surface area contributed by atoms with E-state index in [1.165, 1.54) is 17.2 Å². The smallest absolute Gasteiger partial charge is 0.324 e. The van der Waals surface area contributed by atoms with Crippen LogP contribution in [0.3, 0.4) is 0 Å². The third-order valence-electron chi connectivity index (χ3n) is 6.69. The fraction of sp³-hybridized carbons (Fsp3) is 0.462. The molecule has 4 rings (SSSR count). The molecular weight excluding hydrogens is 440 g/mol. The minimum atomic E-state index is -1.03. The van der Waals surface area contributed by atoms with Crippen LogP contribution in [0.5, 0.6) is 0 Å². The van der Waals surface area contributed by atoms with Crippen molar-refractivity contribution in [3.05, 3.63) is 70.8 Å². The van der Waals surface area contributed by atoms with Crippen LogP contribution in [-0.4, -0.2) is 61.1 Å². The Bertz CT molecular complexity index is 1010. The minimum Gasteiger partial charge on any atom is -0.369 e. The number of nitrogens with zero attached hydrogens (tertiary/aromatic N) is 2. The number of urea groups is 1. The second-order valence-corrected chi connectivity index (χ2v) is 9.08. The number of amides is 3. The van der Waals surface area contributed by atoms with Gasteiger partial charge in [0.05, 0.1) is 12.6 Å². The summed E-state index contributed by atoms with van der Waals surface area (Å²) in [6, 6.07) is 10.8. The molecule has 0 spiro atoms. The Morgan fingerprint density at radius 3 is 2.47 bits per heavy atom. The van der Waals surface area contributed by atoms with E-state index in [9.17, 15) is 18.4 Å². The Balaban J connectivity index is 1.24. The van der Waals surface area contributed by atoms with E-state index < -0.39 is 29.6 Å². The Labute approximate surface area is 198 Å². The predicted molar refractivity (Wildman–Crippen MR) is 124 cm³/mol. The molecule has 2 fully saturated rings. The first-order chi connectivity index (χ1) is 16.4. The number of carbonyl (C=O) groups excluding carboxylic acids is 2. The van der Waals surface area contributed by atoms with Gasteiger partial charge in [-0.1, -0.05) is 35.9 Å². The van der Waals surface area contributed by atoms with E-state index in [1.807, 2.05) is 0 Å². The summed E-state index contributed by atoms with van der Waals surface area (Å²) in [5, 5.41) is 2.80. The van der Waals surface area contributed by atoms with Gasteiger partial charge in [-0.3, -0.25) is 9.69 Å². The molecular formula is C26H31F2N3O3. The zero-order valence-electron chi connectivity index (χ0n) is 19.4. The maximum Gasteiger partial charge on any atom is 0.324 e. The molecule has 1 N–H and O–H groups in total. The number of carbonyl (C=O) groups is 2. The number of likely N-dealkylation sites (tertiary alicyclic amines) is 1. The third-order valence-corrected chi connectivity index (χ3v) is 6.69. The normalized spacial score (nSPS) is 19.9. The molecule has 0 bridgehead atoms. The van der Waals surface area contributed by atoms with Crippen molar-refractivity contribution in [2.45, 2.75) is 38.1 Å². The van der Waals surface area contributed by atoms with Crippen molar-refractivity contribution in [2.24, 2.45) is 0 Å². The monoisotopic (exact) mass is 471 g/mol. The highest BCUT2D eigenvalue weighted by molar-refractivity contribution is 5.96. The number of nitrogens with one attached hydrogen (secondary N) is 1. The number of morpholine rings is 1. The Kier molecular flexibility index (Phi) is 7.90. The first-order valence-electron chi connectivity index (χ1n) is 11.8. The Morgan fingerprint density at radius 2 is 1.76 bits per heavy atom. The van der Waals surface area contributed by atoms with Crippen LogP contribution < -0.4 is 5.32 Å².